The first kappa shape index (κ1) is 20.3. The van der Waals surface area contributed by atoms with Crippen molar-refractivity contribution >= 4 is 23.3 Å². The van der Waals surface area contributed by atoms with Crippen molar-refractivity contribution in [3.8, 4) is 11.5 Å². The Bertz CT molecular complexity index is 1030. The molecule has 0 saturated heterocycles. The molecular weight excluding hydrogens is 402 g/mol. The quantitative estimate of drug-likeness (QED) is 0.528. The van der Waals surface area contributed by atoms with Gasteiger partial charge in [-0.3, -0.25) is 4.79 Å². The van der Waals surface area contributed by atoms with Crippen molar-refractivity contribution in [1.82, 2.24) is 9.78 Å². The van der Waals surface area contributed by atoms with Crippen LogP contribution in [0, 0.1) is 5.92 Å². The average Bonchev–Trinajstić information content (AvgIpc) is 3.52. The van der Waals surface area contributed by atoms with Crippen molar-refractivity contribution in [3.63, 3.8) is 0 Å². The number of hydrogen-bond acceptors (Lipinski definition) is 4. The molecule has 1 amide bonds. The van der Waals surface area contributed by atoms with E-state index in [-0.39, 0.29) is 11.9 Å². The van der Waals surface area contributed by atoms with Gasteiger partial charge in [-0.25, -0.2) is 4.68 Å². The third-order valence-electron chi connectivity index (χ3n) is 5.34. The molecule has 1 atom stereocenters. The van der Waals surface area contributed by atoms with E-state index in [0.717, 1.165) is 5.56 Å². The van der Waals surface area contributed by atoms with Crippen LogP contribution < -0.4 is 14.8 Å². The van der Waals surface area contributed by atoms with Crippen molar-refractivity contribution in [2.75, 3.05) is 12.4 Å². The maximum Gasteiger partial charge on any atom is 0.256 e. The lowest BCUT2D eigenvalue weighted by Crippen LogP contribution is -2.18. The van der Waals surface area contributed by atoms with Crippen LogP contribution >= 0.6 is 11.6 Å². The summed E-state index contributed by atoms with van der Waals surface area (Å²) < 4.78 is 13.2. The smallest absolute Gasteiger partial charge is 0.256 e. The molecule has 1 aliphatic rings. The zero-order valence-electron chi connectivity index (χ0n) is 17.0. The van der Waals surface area contributed by atoms with E-state index in [0.29, 0.717) is 40.4 Å². The molecule has 0 spiro atoms. The highest BCUT2D eigenvalue weighted by molar-refractivity contribution is 6.30. The van der Waals surface area contributed by atoms with Gasteiger partial charge in [0.25, 0.3) is 5.91 Å². The van der Waals surface area contributed by atoms with Crippen molar-refractivity contribution in [2.24, 2.45) is 5.92 Å². The highest BCUT2D eigenvalue weighted by atomic mass is 35.5. The lowest BCUT2D eigenvalue weighted by molar-refractivity contribution is 0.102. The Kier molecular flexibility index (Phi) is 5.95. The molecule has 7 heteroatoms. The molecule has 3 aromatic rings. The van der Waals surface area contributed by atoms with Crippen LogP contribution in [0.4, 0.5) is 5.82 Å². The summed E-state index contributed by atoms with van der Waals surface area (Å²) in [5, 5.41) is 8.02. The topological polar surface area (TPSA) is 65.4 Å². The van der Waals surface area contributed by atoms with Gasteiger partial charge in [0.1, 0.15) is 12.4 Å². The van der Waals surface area contributed by atoms with Crippen LogP contribution in [0.2, 0.25) is 5.02 Å². The fourth-order valence-corrected chi connectivity index (χ4v) is 3.50. The summed E-state index contributed by atoms with van der Waals surface area (Å²) in [5.41, 5.74) is 1.47. The van der Waals surface area contributed by atoms with Gasteiger partial charge >= 0.3 is 0 Å². The summed E-state index contributed by atoms with van der Waals surface area (Å²) in [6, 6.07) is 14.7. The zero-order chi connectivity index (χ0) is 21.1. The number of hydrogen-bond donors (Lipinski definition) is 1. The van der Waals surface area contributed by atoms with Crippen LogP contribution in [0.1, 0.15) is 41.7 Å². The number of benzene rings is 2. The van der Waals surface area contributed by atoms with Gasteiger partial charge in [0, 0.05) is 16.7 Å². The van der Waals surface area contributed by atoms with Crippen LogP contribution in [-0.2, 0) is 6.61 Å². The molecule has 156 valence electrons. The van der Waals surface area contributed by atoms with E-state index in [9.17, 15) is 4.79 Å². The molecule has 2 aromatic carbocycles. The fourth-order valence-electron chi connectivity index (χ4n) is 3.37. The van der Waals surface area contributed by atoms with Crippen LogP contribution in [0.25, 0.3) is 0 Å². The van der Waals surface area contributed by atoms with E-state index < -0.39 is 0 Å². The van der Waals surface area contributed by atoms with Crippen molar-refractivity contribution in [3.05, 3.63) is 70.9 Å². The largest absolute Gasteiger partial charge is 0.493 e. The Morgan fingerprint density at radius 1 is 1.20 bits per heavy atom. The second kappa shape index (κ2) is 8.79. The first-order valence-corrected chi connectivity index (χ1v) is 10.3. The molecule has 1 aromatic heterocycles. The number of ether oxygens (including phenoxy) is 2. The summed E-state index contributed by atoms with van der Waals surface area (Å²) in [5.74, 6) is 2.18. The highest BCUT2D eigenvalue weighted by Gasteiger charge is 2.30. The Labute approximate surface area is 180 Å². The van der Waals surface area contributed by atoms with Crippen LogP contribution in [0.15, 0.2) is 54.7 Å². The van der Waals surface area contributed by atoms with E-state index in [4.69, 9.17) is 21.1 Å². The van der Waals surface area contributed by atoms with Gasteiger partial charge in [-0.1, -0.05) is 23.7 Å². The molecule has 4 rings (SSSR count). The average molecular weight is 426 g/mol. The van der Waals surface area contributed by atoms with Gasteiger partial charge in [0.2, 0.25) is 0 Å². The molecule has 1 unspecified atom stereocenters. The van der Waals surface area contributed by atoms with E-state index in [1.54, 1.807) is 31.5 Å². The van der Waals surface area contributed by atoms with Gasteiger partial charge in [0.15, 0.2) is 11.5 Å². The maximum atomic E-state index is 12.8. The van der Waals surface area contributed by atoms with Crippen molar-refractivity contribution in [1.29, 1.82) is 0 Å². The Balaban J connectivity index is 1.45. The minimum atomic E-state index is -0.220. The minimum Gasteiger partial charge on any atom is -0.493 e. The first-order chi connectivity index (χ1) is 14.5. The van der Waals surface area contributed by atoms with Gasteiger partial charge < -0.3 is 14.8 Å². The van der Waals surface area contributed by atoms with E-state index >= 15 is 0 Å². The molecule has 0 aliphatic heterocycles. The number of rotatable bonds is 8. The third-order valence-corrected chi connectivity index (χ3v) is 5.59. The molecule has 6 nitrogen and oxygen atoms in total. The van der Waals surface area contributed by atoms with Crippen LogP contribution in [0.5, 0.6) is 11.5 Å². The lowest BCUT2D eigenvalue weighted by Gasteiger charge is -2.16. The number of aromatic nitrogens is 2. The number of carbonyl (C=O) groups excluding carboxylic acids is 1. The minimum absolute atomic E-state index is 0.220. The van der Waals surface area contributed by atoms with Gasteiger partial charge in [-0.2, -0.15) is 5.10 Å². The molecule has 0 bridgehead atoms. The molecule has 1 heterocycles. The second-order valence-electron chi connectivity index (χ2n) is 7.47. The summed E-state index contributed by atoms with van der Waals surface area (Å²) >= 11 is 5.92. The molecule has 1 fully saturated rings. The summed E-state index contributed by atoms with van der Waals surface area (Å²) in [6.07, 6.45) is 4.13. The zero-order valence-corrected chi connectivity index (χ0v) is 17.7. The molecule has 30 heavy (non-hydrogen) atoms. The molecule has 1 saturated carbocycles. The molecule has 0 radical (unpaired) electrons. The monoisotopic (exact) mass is 425 g/mol. The number of nitrogens with zero attached hydrogens (tertiary/aromatic N) is 2. The Morgan fingerprint density at radius 3 is 2.67 bits per heavy atom. The van der Waals surface area contributed by atoms with E-state index in [2.05, 4.69) is 17.3 Å². The standard InChI is InChI=1S/C23H24ClN3O3/c1-15(17-5-6-17)27-22(11-12-25-27)26-23(28)18-7-10-20(21(13-18)29-2)30-14-16-3-8-19(24)9-4-16/h3-4,7-13,15,17H,5-6,14H2,1-2H3,(H,26,28). The number of carbonyl (C=O) groups is 1. The Hall–Kier alpha value is -2.99. The SMILES string of the molecule is COc1cc(C(=O)Nc2ccnn2C(C)C2CC2)ccc1OCc1ccc(Cl)cc1. The van der Waals surface area contributed by atoms with Crippen LogP contribution in [0.3, 0.4) is 0 Å². The molecular formula is C23H24ClN3O3. The summed E-state index contributed by atoms with van der Waals surface area (Å²) in [7, 11) is 1.55. The number of anilines is 1. The normalized spacial score (nSPS) is 14.2. The highest BCUT2D eigenvalue weighted by Crippen LogP contribution is 2.40. The van der Waals surface area contributed by atoms with Gasteiger partial charge in [-0.15, -0.1) is 0 Å². The van der Waals surface area contributed by atoms with Gasteiger partial charge in [0.05, 0.1) is 19.3 Å². The Morgan fingerprint density at radius 2 is 1.97 bits per heavy atom. The predicted molar refractivity (Wildman–Crippen MR) is 116 cm³/mol. The first-order valence-electron chi connectivity index (χ1n) is 9.95. The number of methoxy groups -OCH3 is 1. The van der Waals surface area contributed by atoms with Gasteiger partial charge in [-0.05, 0) is 61.6 Å². The van der Waals surface area contributed by atoms with Crippen molar-refractivity contribution in [2.45, 2.75) is 32.4 Å². The van der Waals surface area contributed by atoms with E-state index in [1.165, 1.54) is 12.8 Å². The maximum absolute atomic E-state index is 12.8. The fraction of sp³-hybridized carbons (Fsp3) is 0.304. The van der Waals surface area contributed by atoms with E-state index in [1.807, 2.05) is 35.0 Å². The summed E-state index contributed by atoms with van der Waals surface area (Å²) in [4.78, 5) is 12.8. The summed E-state index contributed by atoms with van der Waals surface area (Å²) in [6.45, 7) is 2.51. The third kappa shape index (κ3) is 4.60. The lowest BCUT2D eigenvalue weighted by atomic mass is 10.2. The van der Waals surface area contributed by atoms with Crippen LogP contribution in [-0.4, -0.2) is 22.8 Å². The number of nitrogens with one attached hydrogen (secondary N) is 1. The number of amides is 1. The van der Waals surface area contributed by atoms with Crippen molar-refractivity contribution < 1.29 is 14.3 Å². The second-order valence-corrected chi connectivity index (χ2v) is 7.91. The molecule has 1 N–H and O–H groups in total. The molecule has 1 aliphatic carbocycles. The predicted octanol–water partition coefficient (Wildman–Crippen LogP) is 5.35. The number of halogens is 1.